The largest absolute Gasteiger partial charge is 0.342 e. The van der Waals surface area contributed by atoms with Crippen LogP contribution in [-0.2, 0) is 24.3 Å². The standard InChI is InChI=1S/C25H28N8O2/c1-16(2)32-24(35)21-13-27-25(29-19-8-7-17-9-10-26-12-18(17)11-19)30-23(21)33(32)22-6-4-5-20(28-22)14-31(3)15-34/h4-8,11,13,15-16,26H,9-10,12,14H2,1-3H3,(H,27,29,30). The van der Waals surface area contributed by atoms with E-state index in [4.69, 9.17) is 9.97 Å². The Hall–Kier alpha value is -4.05. The van der Waals surface area contributed by atoms with Gasteiger partial charge in [0.1, 0.15) is 5.39 Å². The third-order valence-electron chi connectivity index (χ3n) is 6.06. The van der Waals surface area contributed by atoms with E-state index in [-0.39, 0.29) is 11.6 Å². The van der Waals surface area contributed by atoms with Gasteiger partial charge < -0.3 is 15.5 Å². The van der Waals surface area contributed by atoms with Gasteiger partial charge in [0.2, 0.25) is 12.4 Å². The second-order valence-corrected chi connectivity index (χ2v) is 9.03. The van der Waals surface area contributed by atoms with Gasteiger partial charge in [0.25, 0.3) is 5.56 Å². The molecule has 0 spiro atoms. The molecule has 1 aromatic carbocycles. The van der Waals surface area contributed by atoms with Crippen LogP contribution >= 0.6 is 0 Å². The van der Waals surface area contributed by atoms with Crippen molar-refractivity contribution in [2.45, 2.75) is 39.4 Å². The smallest absolute Gasteiger partial charge is 0.278 e. The molecular weight excluding hydrogens is 444 g/mol. The first-order valence-electron chi connectivity index (χ1n) is 11.7. The summed E-state index contributed by atoms with van der Waals surface area (Å²) >= 11 is 0. The highest BCUT2D eigenvalue weighted by Crippen LogP contribution is 2.23. The first kappa shape index (κ1) is 22.7. The molecule has 0 atom stereocenters. The quantitative estimate of drug-likeness (QED) is 0.398. The number of carbonyl (C=O) groups excluding carboxylic acids is 1. The van der Waals surface area contributed by atoms with Gasteiger partial charge in [-0.2, -0.15) is 4.98 Å². The summed E-state index contributed by atoms with van der Waals surface area (Å²) in [5, 5.41) is 7.09. The number of nitrogens with zero attached hydrogens (tertiary/aromatic N) is 6. The lowest BCUT2D eigenvalue weighted by Crippen LogP contribution is -2.25. The van der Waals surface area contributed by atoms with Crippen LogP contribution in [0.4, 0.5) is 11.6 Å². The third kappa shape index (κ3) is 4.40. The van der Waals surface area contributed by atoms with Gasteiger partial charge in [-0.1, -0.05) is 12.1 Å². The van der Waals surface area contributed by atoms with Crippen LogP contribution in [0.2, 0.25) is 0 Å². The fraction of sp³-hybridized carbons (Fsp3) is 0.320. The summed E-state index contributed by atoms with van der Waals surface area (Å²) < 4.78 is 3.36. The molecule has 0 saturated heterocycles. The predicted molar refractivity (Wildman–Crippen MR) is 134 cm³/mol. The Morgan fingerprint density at radius 1 is 1.20 bits per heavy atom. The van der Waals surface area contributed by atoms with E-state index in [1.54, 1.807) is 22.6 Å². The summed E-state index contributed by atoms with van der Waals surface area (Å²) in [6, 6.07) is 11.7. The van der Waals surface area contributed by atoms with E-state index in [1.807, 2.05) is 38.1 Å². The van der Waals surface area contributed by atoms with Gasteiger partial charge in [-0.3, -0.25) is 9.59 Å². The maximum atomic E-state index is 13.3. The van der Waals surface area contributed by atoms with Gasteiger partial charge in [-0.05, 0) is 62.2 Å². The minimum Gasteiger partial charge on any atom is -0.342 e. The molecule has 0 bridgehead atoms. The van der Waals surface area contributed by atoms with Crippen molar-refractivity contribution < 1.29 is 4.79 Å². The number of carbonyl (C=O) groups is 1. The number of anilines is 2. The number of rotatable bonds is 7. The average molecular weight is 473 g/mol. The number of pyridine rings is 1. The molecule has 3 aromatic heterocycles. The van der Waals surface area contributed by atoms with Crippen molar-refractivity contribution in [3.05, 3.63) is 69.8 Å². The van der Waals surface area contributed by atoms with E-state index in [9.17, 15) is 9.59 Å². The van der Waals surface area contributed by atoms with Crippen molar-refractivity contribution in [3.63, 3.8) is 0 Å². The number of nitrogens with one attached hydrogen (secondary N) is 2. The molecule has 4 aromatic rings. The molecule has 1 aliphatic heterocycles. The van der Waals surface area contributed by atoms with E-state index in [0.29, 0.717) is 35.0 Å². The number of amides is 1. The molecule has 180 valence electrons. The van der Waals surface area contributed by atoms with Gasteiger partial charge in [-0.15, -0.1) is 0 Å². The maximum Gasteiger partial charge on any atom is 0.278 e. The molecule has 1 amide bonds. The van der Waals surface area contributed by atoms with Crippen LogP contribution in [0.1, 0.15) is 36.7 Å². The van der Waals surface area contributed by atoms with Crippen LogP contribution in [0.3, 0.4) is 0 Å². The van der Waals surface area contributed by atoms with Crippen LogP contribution in [0.5, 0.6) is 0 Å². The molecule has 0 saturated carbocycles. The van der Waals surface area contributed by atoms with Crippen molar-refractivity contribution in [1.82, 2.24) is 34.5 Å². The topological polar surface area (TPSA) is 110 Å². The van der Waals surface area contributed by atoms with Crippen LogP contribution in [0, 0.1) is 0 Å². The average Bonchev–Trinajstić information content (AvgIpc) is 3.16. The molecule has 10 nitrogen and oxygen atoms in total. The van der Waals surface area contributed by atoms with E-state index in [1.165, 1.54) is 16.0 Å². The number of benzene rings is 1. The van der Waals surface area contributed by atoms with Gasteiger partial charge in [0.15, 0.2) is 11.5 Å². The molecule has 0 aliphatic carbocycles. The first-order chi connectivity index (χ1) is 16.9. The number of hydrogen-bond acceptors (Lipinski definition) is 7. The van der Waals surface area contributed by atoms with Gasteiger partial charge >= 0.3 is 0 Å². The molecule has 1 aliphatic rings. The summed E-state index contributed by atoms with van der Waals surface area (Å²) in [7, 11) is 1.69. The van der Waals surface area contributed by atoms with Crippen molar-refractivity contribution in [2.75, 3.05) is 18.9 Å². The number of aromatic nitrogens is 5. The van der Waals surface area contributed by atoms with E-state index in [2.05, 4.69) is 27.8 Å². The molecule has 10 heteroatoms. The Balaban J connectivity index is 1.59. The molecule has 2 N–H and O–H groups in total. The molecule has 35 heavy (non-hydrogen) atoms. The summed E-state index contributed by atoms with van der Waals surface area (Å²) in [6.07, 6.45) is 3.33. The monoisotopic (exact) mass is 472 g/mol. The Kier molecular flexibility index (Phi) is 6.04. The Labute approximate surface area is 202 Å². The summed E-state index contributed by atoms with van der Waals surface area (Å²) in [6.45, 7) is 6.06. The lowest BCUT2D eigenvalue weighted by Gasteiger charge is -2.18. The zero-order valence-corrected chi connectivity index (χ0v) is 20.0. The zero-order chi connectivity index (χ0) is 24.5. The molecule has 4 heterocycles. The first-order valence-corrected chi connectivity index (χ1v) is 11.7. The van der Waals surface area contributed by atoms with Crippen LogP contribution in [-0.4, -0.2) is 49.2 Å². The molecular formula is C25H28N8O2. The summed E-state index contributed by atoms with van der Waals surface area (Å²) in [4.78, 5) is 39.7. The van der Waals surface area contributed by atoms with Crippen molar-refractivity contribution in [1.29, 1.82) is 0 Å². The predicted octanol–water partition coefficient (Wildman–Crippen LogP) is 2.54. The normalized spacial score (nSPS) is 13.1. The third-order valence-corrected chi connectivity index (χ3v) is 6.06. The highest BCUT2D eigenvalue weighted by atomic mass is 16.1. The lowest BCUT2D eigenvalue weighted by atomic mass is 10.0. The van der Waals surface area contributed by atoms with E-state index >= 15 is 0 Å². The minimum atomic E-state index is -0.182. The van der Waals surface area contributed by atoms with Crippen molar-refractivity contribution in [3.8, 4) is 5.82 Å². The number of fused-ring (bicyclic) bond motifs is 2. The Morgan fingerprint density at radius 3 is 2.86 bits per heavy atom. The van der Waals surface area contributed by atoms with Gasteiger partial charge in [0.05, 0.1) is 12.2 Å². The maximum absolute atomic E-state index is 13.3. The lowest BCUT2D eigenvalue weighted by molar-refractivity contribution is -0.117. The van der Waals surface area contributed by atoms with Gasteiger partial charge in [-0.25, -0.2) is 19.3 Å². The SMILES string of the molecule is CC(C)n1c(=O)c2cnc(Nc3ccc4c(c3)CNCC4)nc2n1-c1cccc(CN(C)C=O)n1. The Bertz CT molecular complexity index is 1460. The summed E-state index contributed by atoms with van der Waals surface area (Å²) in [5.41, 5.74) is 4.48. The molecule has 0 unspecified atom stereocenters. The van der Waals surface area contributed by atoms with Crippen LogP contribution in [0.25, 0.3) is 16.9 Å². The highest BCUT2D eigenvalue weighted by molar-refractivity contribution is 5.77. The second-order valence-electron chi connectivity index (χ2n) is 9.03. The fourth-order valence-corrected chi connectivity index (χ4v) is 4.40. The van der Waals surface area contributed by atoms with E-state index < -0.39 is 0 Å². The zero-order valence-electron chi connectivity index (χ0n) is 20.0. The van der Waals surface area contributed by atoms with E-state index in [0.717, 1.165) is 31.6 Å². The molecule has 5 rings (SSSR count). The van der Waals surface area contributed by atoms with Gasteiger partial charge in [0, 0.05) is 31.5 Å². The van der Waals surface area contributed by atoms with Crippen molar-refractivity contribution in [2.24, 2.45) is 0 Å². The van der Waals surface area contributed by atoms with Crippen LogP contribution in [0.15, 0.2) is 47.4 Å². The second kappa shape index (κ2) is 9.30. The van der Waals surface area contributed by atoms with Crippen molar-refractivity contribution >= 4 is 29.1 Å². The Morgan fingerprint density at radius 2 is 2.06 bits per heavy atom. The fourth-order valence-electron chi connectivity index (χ4n) is 4.40. The number of hydrogen-bond donors (Lipinski definition) is 2. The van der Waals surface area contributed by atoms with Crippen LogP contribution < -0.4 is 16.2 Å². The molecule has 0 radical (unpaired) electrons. The minimum absolute atomic E-state index is 0.135. The highest BCUT2D eigenvalue weighted by Gasteiger charge is 2.20. The summed E-state index contributed by atoms with van der Waals surface area (Å²) in [5.74, 6) is 0.944. The molecule has 0 fully saturated rings.